The van der Waals surface area contributed by atoms with Crippen LogP contribution in [-0.4, -0.2) is 16.2 Å². The molecule has 0 spiro atoms. The van der Waals surface area contributed by atoms with Crippen molar-refractivity contribution in [1.29, 1.82) is 0 Å². The van der Waals surface area contributed by atoms with Crippen molar-refractivity contribution >= 4 is 28.0 Å². The Balaban J connectivity index is 2.08. The Morgan fingerprint density at radius 3 is 2.95 bits per heavy atom. The lowest BCUT2D eigenvalue weighted by Crippen LogP contribution is -1.96. The summed E-state index contributed by atoms with van der Waals surface area (Å²) in [4.78, 5) is 10.5. The number of hydrogen-bond acceptors (Lipinski definition) is 4. The lowest BCUT2D eigenvalue weighted by molar-refractivity contribution is -0.131. The second kappa shape index (κ2) is 6.38. The lowest BCUT2D eigenvalue weighted by Gasteiger charge is -2.06. The molecule has 5 nitrogen and oxygen atoms in total. The minimum absolute atomic E-state index is 0.293. The van der Waals surface area contributed by atoms with Gasteiger partial charge in [-0.2, -0.15) is 0 Å². The molecule has 0 aliphatic rings. The molecule has 0 fully saturated rings. The number of aryl methyl sites for hydroxylation is 1. The first-order chi connectivity index (χ1) is 9.54. The molecule has 0 aliphatic carbocycles. The highest BCUT2D eigenvalue weighted by molar-refractivity contribution is 9.10. The number of ether oxygens (including phenoxy) is 1. The van der Waals surface area contributed by atoms with Gasteiger partial charge < -0.3 is 14.4 Å². The maximum absolute atomic E-state index is 10.5. The smallest absolute Gasteiger partial charge is 0.328 e. The standard InChI is InChI=1S/C14H12BrNO4/c1-9-6-11(16-20-9)8-19-12-3-4-13(15)10(7-12)2-5-14(17)18/h2-7H,8H2,1H3,(H,17,18)/b5-2+. The van der Waals surface area contributed by atoms with E-state index in [1.54, 1.807) is 24.3 Å². The highest BCUT2D eigenvalue weighted by atomic mass is 79.9. The molecule has 0 saturated heterocycles. The zero-order valence-electron chi connectivity index (χ0n) is 10.7. The van der Waals surface area contributed by atoms with Crippen LogP contribution in [0.2, 0.25) is 0 Å². The SMILES string of the molecule is Cc1cc(COc2ccc(Br)c(/C=C/C(=O)O)c2)no1. The van der Waals surface area contributed by atoms with Crippen molar-refractivity contribution in [3.63, 3.8) is 0 Å². The quantitative estimate of drug-likeness (QED) is 0.846. The third-order valence-corrected chi connectivity index (χ3v) is 3.16. The van der Waals surface area contributed by atoms with Crippen molar-refractivity contribution in [3.8, 4) is 5.75 Å². The van der Waals surface area contributed by atoms with Gasteiger partial charge in [-0.15, -0.1) is 0 Å². The first-order valence-electron chi connectivity index (χ1n) is 5.80. The normalized spacial score (nSPS) is 10.9. The molecular weight excluding hydrogens is 326 g/mol. The molecule has 0 bridgehead atoms. The second-order valence-electron chi connectivity index (χ2n) is 4.07. The van der Waals surface area contributed by atoms with Crippen LogP contribution in [0.3, 0.4) is 0 Å². The van der Waals surface area contributed by atoms with Crippen LogP contribution in [0, 0.1) is 6.92 Å². The summed E-state index contributed by atoms with van der Waals surface area (Å²) < 4.78 is 11.3. The molecule has 20 heavy (non-hydrogen) atoms. The van der Waals surface area contributed by atoms with Crippen molar-refractivity contribution < 1.29 is 19.2 Å². The van der Waals surface area contributed by atoms with Gasteiger partial charge in [0.15, 0.2) is 0 Å². The average Bonchev–Trinajstić information content (AvgIpc) is 2.82. The summed E-state index contributed by atoms with van der Waals surface area (Å²) in [6, 6.07) is 7.13. The van der Waals surface area contributed by atoms with Crippen LogP contribution >= 0.6 is 15.9 Å². The summed E-state index contributed by atoms with van der Waals surface area (Å²) in [7, 11) is 0. The summed E-state index contributed by atoms with van der Waals surface area (Å²) in [5.41, 5.74) is 1.43. The van der Waals surface area contributed by atoms with Crippen LogP contribution < -0.4 is 4.74 Å². The van der Waals surface area contributed by atoms with Gasteiger partial charge in [0, 0.05) is 16.6 Å². The van der Waals surface area contributed by atoms with Crippen LogP contribution in [-0.2, 0) is 11.4 Å². The summed E-state index contributed by atoms with van der Waals surface area (Å²) in [6.45, 7) is 2.10. The molecule has 2 aromatic rings. The molecule has 6 heteroatoms. The predicted octanol–water partition coefficient (Wildman–Crippen LogP) is 3.42. The largest absolute Gasteiger partial charge is 0.487 e. The number of rotatable bonds is 5. The molecule has 0 aliphatic heterocycles. The molecule has 0 amide bonds. The van der Waals surface area contributed by atoms with Crippen LogP contribution in [0.5, 0.6) is 5.75 Å². The fourth-order valence-corrected chi connectivity index (χ4v) is 1.92. The number of aliphatic carboxylic acids is 1. The molecule has 0 atom stereocenters. The van der Waals surface area contributed by atoms with E-state index < -0.39 is 5.97 Å². The van der Waals surface area contributed by atoms with Crippen molar-refractivity contribution in [2.75, 3.05) is 0 Å². The molecule has 2 rings (SSSR count). The van der Waals surface area contributed by atoms with E-state index >= 15 is 0 Å². The van der Waals surface area contributed by atoms with Crippen LogP contribution in [0.4, 0.5) is 0 Å². The molecule has 1 aromatic carbocycles. The van der Waals surface area contributed by atoms with Gasteiger partial charge in [0.1, 0.15) is 23.8 Å². The Kier molecular flexibility index (Phi) is 4.57. The van der Waals surface area contributed by atoms with Crippen LogP contribution in [0.25, 0.3) is 6.08 Å². The Labute approximate surface area is 124 Å². The van der Waals surface area contributed by atoms with Gasteiger partial charge in [-0.05, 0) is 36.8 Å². The molecule has 0 saturated carbocycles. The van der Waals surface area contributed by atoms with Gasteiger partial charge in [0.25, 0.3) is 0 Å². The van der Waals surface area contributed by atoms with Crippen molar-refractivity contribution in [1.82, 2.24) is 5.16 Å². The number of hydrogen-bond donors (Lipinski definition) is 1. The van der Waals surface area contributed by atoms with Crippen molar-refractivity contribution in [2.24, 2.45) is 0 Å². The third-order valence-electron chi connectivity index (χ3n) is 2.44. The third kappa shape index (κ3) is 3.96. The topological polar surface area (TPSA) is 72.6 Å². The second-order valence-corrected chi connectivity index (χ2v) is 4.93. The molecule has 0 radical (unpaired) electrons. The molecule has 1 aromatic heterocycles. The fourth-order valence-electron chi connectivity index (χ4n) is 1.54. The number of nitrogens with zero attached hydrogens (tertiary/aromatic N) is 1. The van der Waals surface area contributed by atoms with Gasteiger partial charge in [0.05, 0.1) is 0 Å². The van der Waals surface area contributed by atoms with E-state index in [9.17, 15) is 4.79 Å². The fraction of sp³-hybridized carbons (Fsp3) is 0.143. The van der Waals surface area contributed by atoms with Crippen molar-refractivity contribution in [3.05, 3.63) is 51.8 Å². The van der Waals surface area contributed by atoms with Gasteiger partial charge >= 0.3 is 5.97 Å². The van der Waals surface area contributed by atoms with E-state index in [1.807, 2.05) is 6.92 Å². The lowest BCUT2D eigenvalue weighted by atomic mass is 10.2. The summed E-state index contributed by atoms with van der Waals surface area (Å²) in [5.74, 6) is 0.352. The van der Waals surface area contributed by atoms with E-state index in [2.05, 4.69) is 21.1 Å². The maximum atomic E-state index is 10.5. The zero-order valence-corrected chi connectivity index (χ0v) is 12.3. The summed E-state index contributed by atoms with van der Waals surface area (Å²) >= 11 is 3.35. The zero-order chi connectivity index (χ0) is 14.5. The van der Waals surface area contributed by atoms with Gasteiger partial charge in [-0.1, -0.05) is 21.1 Å². The van der Waals surface area contributed by atoms with E-state index in [-0.39, 0.29) is 0 Å². The number of carboxylic acid groups (broad SMARTS) is 1. The van der Waals surface area contributed by atoms with Crippen molar-refractivity contribution in [2.45, 2.75) is 13.5 Å². The number of aromatic nitrogens is 1. The minimum Gasteiger partial charge on any atom is -0.487 e. The molecule has 0 unspecified atom stereocenters. The Bertz CT molecular complexity index is 648. The highest BCUT2D eigenvalue weighted by Crippen LogP contribution is 2.24. The van der Waals surface area contributed by atoms with E-state index in [1.165, 1.54) is 6.08 Å². The highest BCUT2D eigenvalue weighted by Gasteiger charge is 2.04. The first kappa shape index (κ1) is 14.3. The first-order valence-corrected chi connectivity index (χ1v) is 6.59. The Hall–Kier alpha value is -2.08. The minimum atomic E-state index is -0.999. The van der Waals surface area contributed by atoms with E-state index in [4.69, 9.17) is 14.4 Å². The number of carbonyl (C=O) groups is 1. The van der Waals surface area contributed by atoms with Gasteiger partial charge in [-0.25, -0.2) is 4.79 Å². The predicted molar refractivity (Wildman–Crippen MR) is 76.4 cm³/mol. The van der Waals surface area contributed by atoms with Gasteiger partial charge in [0.2, 0.25) is 0 Å². The van der Waals surface area contributed by atoms with Crippen LogP contribution in [0.15, 0.2) is 39.3 Å². The molecular formula is C14H12BrNO4. The Morgan fingerprint density at radius 1 is 1.50 bits per heavy atom. The average molecular weight is 338 g/mol. The van der Waals surface area contributed by atoms with E-state index in [0.29, 0.717) is 18.1 Å². The number of benzene rings is 1. The molecule has 104 valence electrons. The Morgan fingerprint density at radius 2 is 2.30 bits per heavy atom. The maximum Gasteiger partial charge on any atom is 0.328 e. The summed E-state index contributed by atoms with van der Waals surface area (Å²) in [5, 5.41) is 12.5. The molecule has 1 heterocycles. The van der Waals surface area contributed by atoms with Crippen LogP contribution in [0.1, 0.15) is 17.0 Å². The summed E-state index contributed by atoms with van der Waals surface area (Å²) in [6.07, 6.45) is 2.57. The number of carboxylic acids is 1. The van der Waals surface area contributed by atoms with E-state index in [0.717, 1.165) is 21.9 Å². The monoisotopic (exact) mass is 337 g/mol. The van der Waals surface area contributed by atoms with Gasteiger partial charge in [-0.3, -0.25) is 0 Å². The molecule has 1 N–H and O–H groups in total. The number of halogens is 1.